The minimum Gasteiger partial charge on any atom is -0.363 e. The molecule has 5 rings (SSSR count). The maximum Gasteiger partial charge on any atom is 0.229 e. The first-order valence-corrected chi connectivity index (χ1v) is 11.2. The van der Waals surface area contributed by atoms with Crippen LogP contribution < -0.4 is 9.80 Å². The summed E-state index contributed by atoms with van der Waals surface area (Å²) in [5.41, 5.74) is 2.09. The van der Waals surface area contributed by atoms with E-state index >= 15 is 0 Å². The molecule has 7 heteroatoms. The van der Waals surface area contributed by atoms with Gasteiger partial charge in [-0.1, -0.05) is 18.2 Å². The summed E-state index contributed by atoms with van der Waals surface area (Å²) in [5.74, 6) is 2.00. The summed E-state index contributed by atoms with van der Waals surface area (Å²) in [6.45, 7) is 3.17. The van der Waals surface area contributed by atoms with Crippen LogP contribution in [0.3, 0.4) is 0 Å². The molecule has 0 unspecified atom stereocenters. The standard InChI is InChI=1S/C24H30N6O/c1-28(2)21-8-12-25-23(27-21)29-14-10-24(11-15-29)9-5-13-30(22(24)31)17-18-16-26-20-7-4-3-6-19(18)20/h3-4,6-8,12,16,26H,5,9-11,13-15,17H2,1-2H3. The quantitative estimate of drug-likeness (QED) is 0.703. The largest absolute Gasteiger partial charge is 0.363 e. The Kier molecular flexibility index (Phi) is 5.04. The number of aromatic amines is 1. The molecule has 3 aromatic rings. The fourth-order valence-electron chi connectivity index (χ4n) is 5.11. The lowest BCUT2D eigenvalue weighted by Crippen LogP contribution is -2.53. The van der Waals surface area contributed by atoms with Gasteiger partial charge in [-0.3, -0.25) is 4.79 Å². The Bertz CT molecular complexity index is 1080. The smallest absolute Gasteiger partial charge is 0.229 e. The number of likely N-dealkylation sites (tertiary alicyclic amines) is 1. The molecule has 31 heavy (non-hydrogen) atoms. The van der Waals surface area contributed by atoms with Crippen LogP contribution in [-0.4, -0.2) is 59.5 Å². The number of nitrogens with zero attached hydrogens (tertiary/aromatic N) is 5. The Morgan fingerprint density at radius 1 is 1.10 bits per heavy atom. The van der Waals surface area contributed by atoms with Crippen LogP contribution in [0, 0.1) is 5.41 Å². The van der Waals surface area contributed by atoms with Crippen LogP contribution in [-0.2, 0) is 11.3 Å². The lowest BCUT2D eigenvalue weighted by Gasteiger charge is -2.46. The molecular weight excluding hydrogens is 388 g/mol. The van der Waals surface area contributed by atoms with Gasteiger partial charge in [-0.15, -0.1) is 0 Å². The van der Waals surface area contributed by atoms with E-state index in [1.54, 1.807) is 0 Å². The van der Waals surface area contributed by atoms with E-state index in [0.29, 0.717) is 12.5 Å². The second-order valence-corrected chi connectivity index (χ2v) is 9.07. The first kappa shape index (κ1) is 19.8. The van der Waals surface area contributed by atoms with Crippen molar-refractivity contribution in [2.75, 3.05) is 43.5 Å². The third-order valence-corrected chi connectivity index (χ3v) is 6.95. The summed E-state index contributed by atoms with van der Waals surface area (Å²) in [6, 6.07) is 10.2. The van der Waals surface area contributed by atoms with Crippen LogP contribution in [0.2, 0.25) is 0 Å². The molecule has 1 spiro atoms. The van der Waals surface area contributed by atoms with E-state index in [9.17, 15) is 4.79 Å². The van der Waals surface area contributed by atoms with Crippen molar-refractivity contribution >= 4 is 28.6 Å². The number of piperidine rings is 2. The van der Waals surface area contributed by atoms with Crippen molar-refractivity contribution < 1.29 is 4.79 Å². The highest BCUT2D eigenvalue weighted by molar-refractivity contribution is 5.86. The highest BCUT2D eigenvalue weighted by atomic mass is 16.2. The Morgan fingerprint density at radius 2 is 1.90 bits per heavy atom. The number of hydrogen-bond donors (Lipinski definition) is 1. The number of fused-ring (bicyclic) bond motifs is 1. The average Bonchev–Trinajstić information content (AvgIpc) is 3.20. The van der Waals surface area contributed by atoms with Crippen LogP contribution in [0.1, 0.15) is 31.2 Å². The second-order valence-electron chi connectivity index (χ2n) is 9.07. The monoisotopic (exact) mass is 418 g/mol. The van der Waals surface area contributed by atoms with Gasteiger partial charge in [-0.25, -0.2) is 4.98 Å². The van der Waals surface area contributed by atoms with Crippen molar-refractivity contribution in [2.24, 2.45) is 5.41 Å². The number of para-hydroxylation sites is 1. The molecule has 0 atom stereocenters. The van der Waals surface area contributed by atoms with Crippen molar-refractivity contribution in [2.45, 2.75) is 32.2 Å². The number of H-pyrrole nitrogens is 1. The van der Waals surface area contributed by atoms with Crippen molar-refractivity contribution in [3.63, 3.8) is 0 Å². The molecule has 2 aliphatic heterocycles. The number of hydrogen-bond acceptors (Lipinski definition) is 5. The molecule has 0 aliphatic carbocycles. The Hall–Kier alpha value is -3.09. The molecule has 2 aromatic heterocycles. The van der Waals surface area contributed by atoms with Gasteiger partial charge < -0.3 is 19.7 Å². The van der Waals surface area contributed by atoms with Crippen molar-refractivity contribution in [3.8, 4) is 0 Å². The minimum atomic E-state index is -0.236. The van der Waals surface area contributed by atoms with Gasteiger partial charge in [0.2, 0.25) is 11.9 Å². The van der Waals surface area contributed by atoms with Gasteiger partial charge in [0.1, 0.15) is 5.82 Å². The van der Waals surface area contributed by atoms with E-state index in [4.69, 9.17) is 0 Å². The number of benzene rings is 1. The van der Waals surface area contributed by atoms with Gasteiger partial charge in [0, 0.05) is 63.6 Å². The molecule has 2 saturated heterocycles. The number of rotatable bonds is 4. The van der Waals surface area contributed by atoms with Gasteiger partial charge in [0.25, 0.3) is 0 Å². The van der Waals surface area contributed by atoms with Crippen LogP contribution in [0.15, 0.2) is 42.7 Å². The summed E-state index contributed by atoms with van der Waals surface area (Å²) in [5, 5.41) is 1.21. The first-order chi connectivity index (χ1) is 15.1. The molecule has 2 fully saturated rings. The molecule has 7 nitrogen and oxygen atoms in total. The van der Waals surface area contributed by atoms with E-state index in [0.717, 1.165) is 62.6 Å². The SMILES string of the molecule is CN(C)c1ccnc(N2CCC3(CCCN(Cc4c[nH]c5ccccc45)C3=O)CC2)n1. The van der Waals surface area contributed by atoms with E-state index in [2.05, 4.69) is 49.1 Å². The number of carbonyl (C=O) groups excluding carboxylic acids is 1. The first-order valence-electron chi connectivity index (χ1n) is 11.2. The Balaban J connectivity index is 1.29. The van der Waals surface area contributed by atoms with Crippen molar-refractivity contribution in [1.82, 2.24) is 19.9 Å². The normalized spacial score (nSPS) is 18.7. The molecule has 2 aliphatic rings. The van der Waals surface area contributed by atoms with Gasteiger partial charge in [0.05, 0.1) is 5.41 Å². The van der Waals surface area contributed by atoms with Crippen LogP contribution in [0.25, 0.3) is 10.9 Å². The molecule has 1 aromatic carbocycles. The van der Waals surface area contributed by atoms with Gasteiger partial charge in [0.15, 0.2) is 0 Å². The van der Waals surface area contributed by atoms with E-state index in [-0.39, 0.29) is 5.41 Å². The van der Waals surface area contributed by atoms with Crippen LogP contribution in [0.5, 0.6) is 0 Å². The fraction of sp³-hybridized carbons (Fsp3) is 0.458. The predicted molar refractivity (Wildman–Crippen MR) is 123 cm³/mol. The summed E-state index contributed by atoms with van der Waals surface area (Å²) in [7, 11) is 3.97. The van der Waals surface area contributed by atoms with Gasteiger partial charge in [-0.2, -0.15) is 4.98 Å². The summed E-state index contributed by atoms with van der Waals surface area (Å²) >= 11 is 0. The van der Waals surface area contributed by atoms with Gasteiger partial charge in [-0.05, 0) is 43.4 Å². The molecule has 0 bridgehead atoms. The van der Waals surface area contributed by atoms with Crippen molar-refractivity contribution in [3.05, 3.63) is 48.3 Å². The number of aromatic nitrogens is 3. The molecule has 162 valence electrons. The molecular formula is C24H30N6O. The van der Waals surface area contributed by atoms with Crippen LogP contribution in [0.4, 0.5) is 11.8 Å². The number of nitrogens with one attached hydrogen (secondary N) is 1. The maximum absolute atomic E-state index is 13.6. The number of amides is 1. The summed E-state index contributed by atoms with van der Waals surface area (Å²) < 4.78 is 0. The lowest BCUT2D eigenvalue weighted by atomic mass is 9.71. The summed E-state index contributed by atoms with van der Waals surface area (Å²) in [6.07, 6.45) is 7.66. The third-order valence-electron chi connectivity index (χ3n) is 6.95. The zero-order valence-electron chi connectivity index (χ0n) is 18.3. The third kappa shape index (κ3) is 3.62. The fourth-order valence-corrected chi connectivity index (χ4v) is 5.11. The highest BCUT2D eigenvalue weighted by Gasteiger charge is 2.46. The Morgan fingerprint density at radius 3 is 2.71 bits per heavy atom. The number of anilines is 2. The topological polar surface area (TPSA) is 68.4 Å². The molecule has 4 heterocycles. The second kappa shape index (κ2) is 7.87. The molecule has 1 amide bonds. The molecule has 0 saturated carbocycles. The van der Waals surface area contributed by atoms with E-state index in [1.807, 2.05) is 37.3 Å². The molecule has 1 N–H and O–H groups in total. The zero-order chi connectivity index (χ0) is 21.4. The Labute approximate surface area is 183 Å². The van der Waals surface area contributed by atoms with E-state index < -0.39 is 0 Å². The molecule has 0 radical (unpaired) electrons. The lowest BCUT2D eigenvalue weighted by molar-refractivity contribution is -0.148. The van der Waals surface area contributed by atoms with Crippen molar-refractivity contribution in [1.29, 1.82) is 0 Å². The summed E-state index contributed by atoms with van der Waals surface area (Å²) in [4.78, 5) is 32.4. The average molecular weight is 419 g/mol. The highest BCUT2D eigenvalue weighted by Crippen LogP contribution is 2.42. The van der Waals surface area contributed by atoms with E-state index in [1.165, 1.54) is 10.9 Å². The predicted octanol–water partition coefficient (Wildman–Crippen LogP) is 3.43. The number of carbonyl (C=O) groups is 1. The zero-order valence-corrected chi connectivity index (χ0v) is 18.3. The maximum atomic E-state index is 13.6. The van der Waals surface area contributed by atoms with Crippen LogP contribution >= 0.6 is 0 Å². The minimum absolute atomic E-state index is 0.236. The van der Waals surface area contributed by atoms with Gasteiger partial charge >= 0.3 is 0 Å².